The average molecular weight is 338 g/mol. The summed E-state index contributed by atoms with van der Waals surface area (Å²) >= 11 is 0. The monoisotopic (exact) mass is 338 g/mol. The van der Waals surface area contributed by atoms with Crippen LogP contribution in [0.2, 0.25) is 0 Å². The molecule has 2 heterocycles. The van der Waals surface area contributed by atoms with Crippen molar-refractivity contribution < 1.29 is 0 Å². The van der Waals surface area contributed by atoms with E-state index in [0.29, 0.717) is 0 Å². The summed E-state index contributed by atoms with van der Waals surface area (Å²) in [5.41, 5.74) is 1.82. The third-order valence-corrected chi connectivity index (χ3v) is 7.42. The van der Waals surface area contributed by atoms with Crippen molar-refractivity contribution >= 4 is 24.4 Å². The smallest absolute Gasteiger partial charge is 0.134 e. The van der Waals surface area contributed by atoms with Crippen LogP contribution in [0.4, 0.5) is 0 Å². The van der Waals surface area contributed by atoms with Crippen LogP contribution in [0, 0.1) is 0 Å². The molecule has 0 bridgehead atoms. The van der Waals surface area contributed by atoms with Gasteiger partial charge in [-0.15, -0.1) is 0 Å². The van der Waals surface area contributed by atoms with Gasteiger partial charge in [0.15, 0.2) is 0 Å². The van der Waals surface area contributed by atoms with E-state index in [2.05, 4.69) is 77.8 Å². The van der Waals surface area contributed by atoms with E-state index in [1.807, 2.05) is 24.4 Å². The second-order valence-corrected chi connectivity index (χ2v) is 8.81. The lowest BCUT2D eigenvalue weighted by Crippen LogP contribution is -2.52. The van der Waals surface area contributed by atoms with Gasteiger partial charge in [-0.25, -0.2) is 0 Å². The third-order valence-electron chi connectivity index (χ3n) is 4.31. The van der Waals surface area contributed by atoms with E-state index in [9.17, 15) is 0 Å². The van der Waals surface area contributed by atoms with Crippen LogP contribution >= 0.6 is 0 Å². The topological polar surface area (TPSA) is 25.8 Å². The van der Waals surface area contributed by atoms with Gasteiger partial charge in [0.2, 0.25) is 0 Å². The molecule has 0 aliphatic carbocycles. The zero-order valence-electron chi connectivity index (χ0n) is 13.8. The van der Waals surface area contributed by atoms with Gasteiger partial charge in [0, 0.05) is 12.4 Å². The number of pyridine rings is 2. The Labute approximate surface area is 149 Å². The first-order valence-electron chi connectivity index (χ1n) is 8.39. The van der Waals surface area contributed by atoms with Crippen LogP contribution in [-0.4, -0.2) is 18.8 Å². The molecule has 0 N–H and O–H groups in total. The first-order chi connectivity index (χ1) is 12.4. The van der Waals surface area contributed by atoms with Crippen LogP contribution in [0.25, 0.3) is 11.4 Å². The molecule has 0 unspecified atom stereocenters. The van der Waals surface area contributed by atoms with Crippen LogP contribution < -0.4 is 15.6 Å². The Bertz CT molecular complexity index is 884. The van der Waals surface area contributed by atoms with Crippen molar-refractivity contribution in [1.82, 2.24) is 9.97 Å². The predicted octanol–water partition coefficient (Wildman–Crippen LogP) is 2.39. The highest BCUT2D eigenvalue weighted by Gasteiger charge is 2.19. The number of hydrogen-bond acceptors (Lipinski definition) is 2. The van der Waals surface area contributed by atoms with Crippen molar-refractivity contribution in [3.05, 3.63) is 103 Å². The molecule has 0 aliphatic rings. The first kappa shape index (κ1) is 15.5. The Morgan fingerprint density at radius 3 is 1.60 bits per heavy atom. The Hall–Kier alpha value is -3.04. The molecule has 25 heavy (non-hydrogen) atoms. The quantitative estimate of drug-likeness (QED) is 0.534. The summed E-state index contributed by atoms with van der Waals surface area (Å²) in [5.74, 6) is 0. The Kier molecular flexibility index (Phi) is 4.48. The standard InChI is InChI=1S/C22H18N2Si/c1-3-9-18(10-4-1)25(19-11-5-2-6-12-19)20-14-15-22(24-17-20)21-13-7-8-16-23-21/h1-17,25H. The van der Waals surface area contributed by atoms with Gasteiger partial charge in [0.25, 0.3) is 0 Å². The van der Waals surface area contributed by atoms with E-state index in [4.69, 9.17) is 4.98 Å². The Morgan fingerprint density at radius 2 is 1.08 bits per heavy atom. The fourth-order valence-corrected chi connectivity index (χ4v) is 5.99. The number of hydrogen-bond donors (Lipinski definition) is 0. The predicted molar refractivity (Wildman–Crippen MR) is 106 cm³/mol. The molecule has 3 heteroatoms. The molecule has 0 atom stereocenters. The molecule has 2 nitrogen and oxygen atoms in total. The minimum Gasteiger partial charge on any atom is -0.255 e. The molecule has 0 aliphatic heterocycles. The van der Waals surface area contributed by atoms with Crippen LogP contribution in [-0.2, 0) is 0 Å². The minimum atomic E-state index is -1.51. The molecule has 4 aromatic rings. The van der Waals surface area contributed by atoms with Gasteiger partial charge in [0.05, 0.1) is 11.4 Å². The summed E-state index contributed by atoms with van der Waals surface area (Å²) in [4.78, 5) is 9.08. The summed E-state index contributed by atoms with van der Waals surface area (Å²) in [6.45, 7) is 0. The zero-order chi connectivity index (χ0) is 16.9. The van der Waals surface area contributed by atoms with Crippen molar-refractivity contribution in [2.75, 3.05) is 0 Å². The van der Waals surface area contributed by atoms with Gasteiger partial charge in [-0.05, 0) is 23.4 Å². The fourth-order valence-electron chi connectivity index (χ4n) is 3.11. The van der Waals surface area contributed by atoms with Crippen LogP contribution in [0.3, 0.4) is 0 Å². The molecule has 0 radical (unpaired) electrons. The number of rotatable bonds is 4. The summed E-state index contributed by atoms with van der Waals surface area (Å²) in [7, 11) is -1.51. The van der Waals surface area contributed by atoms with E-state index in [0.717, 1.165) is 11.4 Å². The van der Waals surface area contributed by atoms with E-state index in [1.54, 1.807) is 6.20 Å². The summed E-state index contributed by atoms with van der Waals surface area (Å²) in [6.07, 6.45) is 3.83. The maximum atomic E-state index is 4.69. The van der Waals surface area contributed by atoms with Crippen LogP contribution in [0.1, 0.15) is 0 Å². The SMILES string of the molecule is c1ccc([SiH](c2ccccc2)c2ccc(-c3ccccn3)nc2)cc1. The number of nitrogens with zero attached hydrogens (tertiary/aromatic N) is 2. The molecule has 0 saturated carbocycles. The molecule has 0 spiro atoms. The van der Waals surface area contributed by atoms with Gasteiger partial charge in [-0.2, -0.15) is 0 Å². The first-order valence-corrected chi connectivity index (χ1v) is 10.1. The summed E-state index contributed by atoms with van der Waals surface area (Å²) in [6, 6.07) is 31.8. The van der Waals surface area contributed by atoms with E-state index in [-0.39, 0.29) is 0 Å². The molecular weight excluding hydrogens is 320 g/mol. The molecule has 0 saturated heterocycles. The highest BCUT2D eigenvalue weighted by Crippen LogP contribution is 2.11. The highest BCUT2D eigenvalue weighted by molar-refractivity contribution is 6.95. The van der Waals surface area contributed by atoms with Crippen molar-refractivity contribution in [3.8, 4) is 11.4 Å². The molecule has 0 fully saturated rings. The molecule has 2 aromatic heterocycles. The maximum Gasteiger partial charge on any atom is 0.134 e. The van der Waals surface area contributed by atoms with Gasteiger partial charge in [-0.3, -0.25) is 9.97 Å². The summed E-state index contributed by atoms with van der Waals surface area (Å²) in [5, 5.41) is 4.12. The van der Waals surface area contributed by atoms with E-state index < -0.39 is 8.80 Å². The fraction of sp³-hybridized carbons (Fsp3) is 0. The van der Waals surface area contributed by atoms with E-state index in [1.165, 1.54) is 15.6 Å². The normalized spacial score (nSPS) is 10.8. The van der Waals surface area contributed by atoms with Crippen LogP contribution in [0.5, 0.6) is 0 Å². The van der Waals surface area contributed by atoms with Crippen molar-refractivity contribution in [2.45, 2.75) is 0 Å². The molecule has 4 rings (SSSR count). The third kappa shape index (κ3) is 3.42. The highest BCUT2D eigenvalue weighted by atomic mass is 28.3. The van der Waals surface area contributed by atoms with Crippen molar-refractivity contribution in [2.24, 2.45) is 0 Å². The van der Waals surface area contributed by atoms with Crippen molar-refractivity contribution in [3.63, 3.8) is 0 Å². The molecule has 2 aromatic carbocycles. The zero-order valence-corrected chi connectivity index (χ0v) is 14.9. The lowest BCUT2D eigenvalue weighted by Gasteiger charge is -2.17. The van der Waals surface area contributed by atoms with E-state index >= 15 is 0 Å². The minimum absolute atomic E-state index is 0.909. The van der Waals surface area contributed by atoms with Gasteiger partial charge in [-0.1, -0.05) is 83.2 Å². The molecule has 0 amide bonds. The van der Waals surface area contributed by atoms with Crippen molar-refractivity contribution in [1.29, 1.82) is 0 Å². The summed E-state index contributed by atoms with van der Waals surface area (Å²) < 4.78 is 0. The maximum absolute atomic E-state index is 4.69. The second kappa shape index (κ2) is 7.24. The second-order valence-electron chi connectivity index (χ2n) is 5.95. The molecular formula is C22H18N2Si. The lowest BCUT2D eigenvalue weighted by atomic mass is 10.2. The number of aromatic nitrogens is 2. The van der Waals surface area contributed by atoms with Gasteiger partial charge >= 0.3 is 0 Å². The molecule has 120 valence electrons. The largest absolute Gasteiger partial charge is 0.255 e. The van der Waals surface area contributed by atoms with Gasteiger partial charge < -0.3 is 0 Å². The average Bonchev–Trinajstić information content (AvgIpc) is 2.71. The van der Waals surface area contributed by atoms with Gasteiger partial charge in [0.1, 0.15) is 8.80 Å². The Morgan fingerprint density at radius 1 is 0.480 bits per heavy atom. The number of benzene rings is 2. The Balaban J connectivity index is 1.75. The van der Waals surface area contributed by atoms with Crippen LogP contribution in [0.15, 0.2) is 103 Å². The lowest BCUT2D eigenvalue weighted by molar-refractivity contribution is 1.25.